The lowest BCUT2D eigenvalue weighted by Gasteiger charge is -2.24. The third-order valence-corrected chi connectivity index (χ3v) is 8.05. The highest BCUT2D eigenvalue weighted by Crippen LogP contribution is 2.38. The van der Waals surface area contributed by atoms with Gasteiger partial charge in [0.15, 0.2) is 5.17 Å². The number of nitrogens with zero attached hydrogens (tertiary/aromatic N) is 3. The number of carbonyl (C=O) groups excluding carboxylic acids is 2. The van der Waals surface area contributed by atoms with Gasteiger partial charge in [-0.1, -0.05) is 81.3 Å². The van der Waals surface area contributed by atoms with E-state index < -0.39 is 5.25 Å². The Balaban J connectivity index is 1.39. The second-order valence-electron chi connectivity index (χ2n) is 8.69. The second-order valence-corrected chi connectivity index (χ2v) is 11.2. The number of halogens is 2. The van der Waals surface area contributed by atoms with Gasteiger partial charge >= 0.3 is 0 Å². The normalized spacial score (nSPS) is 19.7. The van der Waals surface area contributed by atoms with Crippen molar-refractivity contribution in [1.82, 2.24) is 5.01 Å². The average molecular weight is 582 g/mol. The minimum absolute atomic E-state index is 0.0376. The van der Waals surface area contributed by atoms with Crippen LogP contribution in [0.3, 0.4) is 0 Å². The minimum atomic E-state index is -0.682. The highest BCUT2D eigenvalue weighted by Gasteiger charge is 2.42. The Kier molecular flexibility index (Phi) is 7.01. The molecule has 2 amide bonds. The molecule has 182 valence electrons. The number of hydrogen-bond donors (Lipinski definition) is 1. The van der Waals surface area contributed by atoms with E-state index in [-0.39, 0.29) is 29.4 Å². The average Bonchev–Trinajstić information content (AvgIpc) is 3.42. The molecule has 0 unspecified atom stereocenters. The van der Waals surface area contributed by atoms with E-state index in [0.717, 1.165) is 38.6 Å². The number of benzene rings is 3. The Morgan fingerprint density at radius 3 is 2.33 bits per heavy atom. The summed E-state index contributed by atoms with van der Waals surface area (Å²) in [4.78, 5) is 27.1. The first-order valence-electron chi connectivity index (χ1n) is 11.4. The summed E-state index contributed by atoms with van der Waals surface area (Å²) in [5, 5.41) is 15.4. The molecule has 0 aliphatic carbocycles. The first kappa shape index (κ1) is 24.7. The fourth-order valence-corrected chi connectivity index (χ4v) is 5.68. The van der Waals surface area contributed by atoms with Gasteiger partial charge in [0.2, 0.25) is 11.8 Å². The summed E-state index contributed by atoms with van der Waals surface area (Å²) >= 11 is 10.6. The summed E-state index contributed by atoms with van der Waals surface area (Å²) in [6.07, 6.45) is 0.645. The van der Waals surface area contributed by atoms with Crippen LogP contribution in [-0.2, 0) is 9.59 Å². The fraction of sp³-hybridized carbons (Fsp3) is 0.185. The molecule has 36 heavy (non-hydrogen) atoms. The maximum atomic E-state index is 13.2. The van der Waals surface area contributed by atoms with Crippen LogP contribution in [0.15, 0.2) is 82.4 Å². The van der Waals surface area contributed by atoms with Gasteiger partial charge in [-0.05, 0) is 54.4 Å². The molecule has 3 aromatic carbocycles. The first-order chi connectivity index (χ1) is 17.3. The van der Waals surface area contributed by atoms with Crippen molar-refractivity contribution < 1.29 is 9.59 Å². The molecule has 0 bridgehead atoms. The van der Waals surface area contributed by atoms with Crippen LogP contribution in [-0.4, -0.2) is 33.0 Å². The number of rotatable bonds is 4. The van der Waals surface area contributed by atoms with Crippen molar-refractivity contribution in [1.29, 1.82) is 5.41 Å². The molecule has 0 spiro atoms. The van der Waals surface area contributed by atoms with Crippen LogP contribution in [0, 0.1) is 12.3 Å². The van der Waals surface area contributed by atoms with Gasteiger partial charge in [0.1, 0.15) is 5.25 Å². The van der Waals surface area contributed by atoms with Crippen LogP contribution in [0.2, 0.25) is 5.02 Å². The maximum Gasteiger partial charge on any atom is 0.247 e. The van der Waals surface area contributed by atoms with Crippen LogP contribution >= 0.6 is 39.3 Å². The maximum absolute atomic E-state index is 13.2. The van der Waals surface area contributed by atoms with Gasteiger partial charge in [0.05, 0.1) is 17.4 Å². The molecule has 6 nitrogen and oxygen atoms in total. The third kappa shape index (κ3) is 4.98. The van der Waals surface area contributed by atoms with Crippen molar-refractivity contribution >= 4 is 67.7 Å². The van der Waals surface area contributed by atoms with E-state index in [1.165, 1.54) is 4.90 Å². The van der Waals surface area contributed by atoms with Gasteiger partial charge in [-0.3, -0.25) is 15.0 Å². The molecule has 0 radical (unpaired) electrons. The Labute approximate surface area is 227 Å². The summed E-state index contributed by atoms with van der Waals surface area (Å²) in [6.45, 7) is 2.03. The van der Waals surface area contributed by atoms with E-state index in [0.29, 0.717) is 17.1 Å². The van der Waals surface area contributed by atoms with Crippen LogP contribution < -0.4 is 4.90 Å². The molecule has 2 heterocycles. The molecule has 2 aliphatic rings. The van der Waals surface area contributed by atoms with Crippen molar-refractivity contribution in [3.63, 3.8) is 0 Å². The van der Waals surface area contributed by atoms with Crippen LogP contribution in [0.4, 0.5) is 5.69 Å². The van der Waals surface area contributed by atoms with Crippen molar-refractivity contribution in [2.45, 2.75) is 31.1 Å². The van der Waals surface area contributed by atoms with Crippen molar-refractivity contribution in [2.24, 2.45) is 5.10 Å². The van der Waals surface area contributed by atoms with Crippen LogP contribution in [0.1, 0.15) is 35.6 Å². The zero-order valence-corrected chi connectivity index (χ0v) is 22.5. The Morgan fingerprint density at radius 2 is 1.67 bits per heavy atom. The van der Waals surface area contributed by atoms with Crippen molar-refractivity contribution in [3.05, 3.63) is 99.0 Å². The van der Waals surface area contributed by atoms with Crippen molar-refractivity contribution in [2.75, 3.05) is 4.90 Å². The molecule has 3 aromatic rings. The largest absolute Gasteiger partial charge is 0.277 e. The molecule has 2 aliphatic heterocycles. The quantitative estimate of drug-likeness (QED) is 0.215. The van der Waals surface area contributed by atoms with E-state index in [4.69, 9.17) is 22.1 Å². The predicted molar refractivity (Wildman–Crippen MR) is 149 cm³/mol. The Hall–Kier alpha value is -2.94. The molecule has 0 saturated carbocycles. The minimum Gasteiger partial charge on any atom is -0.277 e. The zero-order valence-electron chi connectivity index (χ0n) is 19.3. The number of anilines is 1. The summed E-state index contributed by atoms with van der Waals surface area (Å²) in [6, 6.07) is 22.5. The van der Waals surface area contributed by atoms with Gasteiger partial charge in [-0.25, -0.2) is 9.91 Å². The van der Waals surface area contributed by atoms with E-state index >= 15 is 0 Å². The van der Waals surface area contributed by atoms with E-state index in [2.05, 4.69) is 15.9 Å². The smallest absolute Gasteiger partial charge is 0.247 e. The highest BCUT2D eigenvalue weighted by atomic mass is 79.9. The predicted octanol–water partition coefficient (Wildman–Crippen LogP) is 6.56. The van der Waals surface area contributed by atoms with Gasteiger partial charge in [-0.15, -0.1) is 0 Å². The molecular weight excluding hydrogens is 560 g/mol. The number of thioether (sulfide) groups is 1. The van der Waals surface area contributed by atoms with Gasteiger partial charge in [0, 0.05) is 22.3 Å². The topological polar surface area (TPSA) is 76.8 Å². The highest BCUT2D eigenvalue weighted by molar-refractivity contribution is 9.10. The molecule has 1 saturated heterocycles. The lowest BCUT2D eigenvalue weighted by atomic mass is 9.98. The summed E-state index contributed by atoms with van der Waals surface area (Å²) in [5.74, 6) is -0.589. The second kappa shape index (κ2) is 10.2. The number of hydrazone groups is 1. The van der Waals surface area contributed by atoms with E-state index in [1.54, 1.807) is 29.3 Å². The molecule has 0 aromatic heterocycles. The Bertz CT molecular complexity index is 1360. The Morgan fingerprint density at radius 1 is 1.00 bits per heavy atom. The van der Waals surface area contributed by atoms with Gasteiger partial charge < -0.3 is 0 Å². The van der Waals surface area contributed by atoms with Gasteiger partial charge in [-0.2, -0.15) is 5.10 Å². The van der Waals surface area contributed by atoms with Crippen molar-refractivity contribution in [3.8, 4) is 0 Å². The summed E-state index contributed by atoms with van der Waals surface area (Å²) < 4.78 is 0.863. The fourth-order valence-electron chi connectivity index (χ4n) is 4.31. The number of hydrogen-bond acceptors (Lipinski definition) is 5. The number of aryl methyl sites for hydroxylation is 1. The number of imide groups is 1. The number of nitrogens with one attached hydrogen (secondary N) is 1. The lowest BCUT2D eigenvalue weighted by molar-refractivity contribution is -0.121. The number of amidine groups is 1. The first-order valence-corrected chi connectivity index (χ1v) is 13.4. The van der Waals surface area contributed by atoms with E-state index in [9.17, 15) is 9.59 Å². The number of amides is 2. The van der Waals surface area contributed by atoms with Crippen LogP contribution in [0.25, 0.3) is 0 Å². The number of carbonyl (C=O) groups is 2. The molecule has 1 fully saturated rings. The zero-order chi connectivity index (χ0) is 25.4. The third-order valence-electron chi connectivity index (χ3n) is 6.20. The summed E-state index contributed by atoms with van der Waals surface area (Å²) in [5.41, 5.74) is 4.52. The molecule has 2 atom stereocenters. The van der Waals surface area contributed by atoms with Crippen LogP contribution in [0.5, 0.6) is 0 Å². The molecule has 5 rings (SSSR count). The monoisotopic (exact) mass is 580 g/mol. The van der Waals surface area contributed by atoms with E-state index in [1.807, 2.05) is 55.5 Å². The summed E-state index contributed by atoms with van der Waals surface area (Å²) in [7, 11) is 0. The lowest BCUT2D eigenvalue weighted by Crippen LogP contribution is -2.32. The molecule has 1 N–H and O–H groups in total. The SMILES string of the molecule is Cc1ccc(C2=NN(C(=N)S[C@@H]3CC(=O)N(c4ccc(Br)cc4)C3=O)[C@H](c3ccc(Cl)cc3)C2)cc1. The standard InChI is InChI=1S/C27H22BrClN4O2S/c1-16-2-4-17(5-3-16)22-14-23(18-6-10-20(29)11-7-18)33(31-22)27(30)36-24-15-25(34)32(26(24)35)21-12-8-19(28)9-13-21/h2-13,23-24,30H,14-15H2,1H3/t23-,24+/m0/s1. The van der Waals surface area contributed by atoms with Gasteiger partial charge in [0.25, 0.3) is 0 Å². The molecule has 9 heteroatoms. The molecular formula is C27H22BrClN4O2S.